The molecule has 33 heavy (non-hydrogen) atoms. The Labute approximate surface area is 199 Å². The van der Waals surface area contributed by atoms with Crippen molar-refractivity contribution in [2.75, 3.05) is 7.11 Å². The molecule has 2 aromatic carbocycles. The van der Waals surface area contributed by atoms with Crippen LogP contribution in [0.1, 0.15) is 17.1 Å². The molecule has 0 fully saturated rings. The number of hydrogen-bond acceptors (Lipinski definition) is 6. The molecule has 9 heteroatoms. The Morgan fingerprint density at radius 3 is 2.70 bits per heavy atom. The number of ether oxygens (including phenoxy) is 1. The average molecular weight is 478 g/mol. The molecule has 5 rings (SSSR count). The lowest BCUT2D eigenvalue weighted by Gasteiger charge is -2.15. The van der Waals surface area contributed by atoms with Gasteiger partial charge in [-0.1, -0.05) is 35.5 Å². The predicted octanol–water partition coefficient (Wildman–Crippen LogP) is 5.00. The van der Waals surface area contributed by atoms with Crippen molar-refractivity contribution in [2.45, 2.75) is 24.8 Å². The number of thioether (sulfide) groups is 1. The Balaban J connectivity index is 1.63. The van der Waals surface area contributed by atoms with Crippen LogP contribution in [-0.2, 0) is 5.75 Å². The van der Waals surface area contributed by atoms with E-state index in [4.69, 9.17) is 21.3 Å². The van der Waals surface area contributed by atoms with Crippen LogP contribution < -0.4 is 10.3 Å². The fourth-order valence-electron chi connectivity index (χ4n) is 3.79. The van der Waals surface area contributed by atoms with E-state index >= 15 is 0 Å². The van der Waals surface area contributed by atoms with Crippen molar-refractivity contribution < 1.29 is 4.74 Å². The number of aryl methyl sites for hydroxylation is 2. The molecule has 0 atom stereocenters. The number of fused-ring (bicyclic) bond motifs is 2. The molecule has 3 aromatic heterocycles. The highest BCUT2D eigenvalue weighted by atomic mass is 35.5. The number of hydrogen-bond donors (Lipinski definition) is 0. The van der Waals surface area contributed by atoms with Crippen molar-refractivity contribution >= 4 is 40.0 Å². The molecule has 0 spiro atoms. The number of halogens is 1. The minimum absolute atomic E-state index is 0.188. The second kappa shape index (κ2) is 8.53. The van der Waals surface area contributed by atoms with E-state index in [0.717, 1.165) is 17.1 Å². The molecule has 5 aromatic rings. The second-order valence-electron chi connectivity index (χ2n) is 7.60. The lowest BCUT2D eigenvalue weighted by atomic mass is 10.2. The Bertz CT molecular complexity index is 1580. The molecule has 0 N–H and O–H groups in total. The van der Waals surface area contributed by atoms with E-state index in [2.05, 4.69) is 9.97 Å². The Morgan fingerprint density at radius 1 is 1.06 bits per heavy atom. The number of aromatic nitrogens is 5. The monoisotopic (exact) mass is 477 g/mol. The summed E-state index contributed by atoms with van der Waals surface area (Å²) in [6.45, 7) is 3.97. The quantitative estimate of drug-likeness (QED) is 0.262. The van der Waals surface area contributed by atoms with Crippen molar-refractivity contribution in [1.29, 1.82) is 0 Å². The maximum absolute atomic E-state index is 13.5. The van der Waals surface area contributed by atoms with Crippen LogP contribution in [0.25, 0.3) is 22.4 Å². The summed E-state index contributed by atoms with van der Waals surface area (Å²) in [4.78, 5) is 27.5. The standard InChI is InChI=1S/C24H20ClN5O2S/c1-14-10-15(2)29-12-17(27-23(29)26-14)13-33-24-28-19-11-16(25)8-9-18(19)22(31)30(24)20-6-4-5-7-21(20)32-3/h4-12H,13H2,1-3H3. The van der Waals surface area contributed by atoms with Crippen molar-refractivity contribution in [1.82, 2.24) is 23.9 Å². The summed E-state index contributed by atoms with van der Waals surface area (Å²) in [5.74, 6) is 1.75. The third-order valence-electron chi connectivity index (χ3n) is 5.29. The molecule has 0 amide bonds. The van der Waals surface area contributed by atoms with Crippen LogP contribution in [0.4, 0.5) is 0 Å². The summed E-state index contributed by atoms with van der Waals surface area (Å²) in [7, 11) is 1.58. The average Bonchev–Trinajstić information content (AvgIpc) is 3.21. The molecule has 0 saturated carbocycles. The van der Waals surface area contributed by atoms with Gasteiger partial charge in [0.2, 0.25) is 5.78 Å². The van der Waals surface area contributed by atoms with Gasteiger partial charge in [-0.2, -0.15) is 0 Å². The summed E-state index contributed by atoms with van der Waals surface area (Å²) >= 11 is 7.60. The van der Waals surface area contributed by atoms with Crippen LogP contribution in [0.2, 0.25) is 5.02 Å². The first-order valence-corrected chi connectivity index (χ1v) is 11.6. The molecular formula is C24H20ClN5O2S. The van der Waals surface area contributed by atoms with Crippen LogP contribution in [0, 0.1) is 13.8 Å². The van der Waals surface area contributed by atoms with E-state index in [1.165, 1.54) is 11.8 Å². The van der Waals surface area contributed by atoms with E-state index in [9.17, 15) is 4.79 Å². The zero-order valence-electron chi connectivity index (χ0n) is 18.2. The Kier molecular flexibility index (Phi) is 5.55. The van der Waals surface area contributed by atoms with Crippen molar-refractivity contribution in [3.05, 3.63) is 87.2 Å². The molecule has 7 nitrogen and oxygen atoms in total. The number of benzene rings is 2. The van der Waals surface area contributed by atoms with Gasteiger partial charge < -0.3 is 4.74 Å². The summed E-state index contributed by atoms with van der Waals surface area (Å²) in [6, 6.07) is 14.5. The molecule has 0 aliphatic heterocycles. The maximum atomic E-state index is 13.5. The molecule has 0 bridgehead atoms. The molecule has 3 heterocycles. The normalized spacial score (nSPS) is 11.4. The van der Waals surface area contributed by atoms with E-state index in [1.807, 2.05) is 54.8 Å². The van der Waals surface area contributed by atoms with Gasteiger partial charge >= 0.3 is 0 Å². The molecule has 0 unspecified atom stereocenters. The van der Waals surface area contributed by atoms with E-state index in [1.54, 1.807) is 29.9 Å². The van der Waals surface area contributed by atoms with Gasteiger partial charge in [-0.15, -0.1) is 0 Å². The number of methoxy groups -OCH3 is 1. The molecule has 166 valence electrons. The molecule has 0 radical (unpaired) electrons. The molecule has 0 aliphatic carbocycles. The van der Waals surface area contributed by atoms with E-state index in [0.29, 0.717) is 44.0 Å². The smallest absolute Gasteiger partial charge is 0.266 e. The van der Waals surface area contributed by atoms with E-state index < -0.39 is 0 Å². The van der Waals surface area contributed by atoms with Gasteiger partial charge in [0.25, 0.3) is 5.56 Å². The lowest BCUT2D eigenvalue weighted by molar-refractivity contribution is 0.411. The molecular weight excluding hydrogens is 458 g/mol. The zero-order chi connectivity index (χ0) is 23.1. The highest BCUT2D eigenvalue weighted by molar-refractivity contribution is 7.98. The number of nitrogens with zero attached hydrogens (tertiary/aromatic N) is 5. The van der Waals surface area contributed by atoms with Gasteiger partial charge in [0.1, 0.15) is 5.75 Å². The van der Waals surface area contributed by atoms with Crippen molar-refractivity contribution in [3.63, 3.8) is 0 Å². The number of rotatable bonds is 5. The molecule has 0 aliphatic rings. The van der Waals surface area contributed by atoms with Crippen molar-refractivity contribution in [2.24, 2.45) is 0 Å². The van der Waals surface area contributed by atoms with Crippen molar-refractivity contribution in [3.8, 4) is 11.4 Å². The summed E-state index contributed by atoms with van der Waals surface area (Å²) in [6.07, 6.45) is 1.97. The maximum Gasteiger partial charge on any atom is 0.266 e. The number of imidazole rings is 1. The highest BCUT2D eigenvalue weighted by Crippen LogP contribution is 2.29. The first-order chi connectivity index (χ1) is 15.9. The van der Waals surface area contributed by atoms with Crippen LogP contribution in [0.3, 0.4) is 0 Å². The first-order valence-electron chi connectivity index (χ1n) is 10.3. The summed E-state index contributed by atoms with van der Waals surface area (Å²) in [5.41, 5.74) is 3.80. The largest absolute Gasteiger partial charge is 0.495 e. The van der Waals surface area contributed by atoms with Gasteiger partial charge in [-0.3, -0.25) is 13.8 Å². The fraction of sp³-hybridized carbons (Fsp3) is 0.167. The van der Waals surface area contributed by atoms with Crippen LogP contribution in [0.15, 0.2) is 64.7 Å². The van der Waals surface area contributed by atoms with Gasteiger partial charge in [0.05, 0.1) is 29.4 Å². The fourth-order valence-corrected chi connectivity index (χ4v) is 4.84. The third-order valence-corrected chi connectivity index (χ3v) is 6.49. The number of para-hydroxylation sites is 2. The van der Waals surface area contributed by atoms with Crippen LogP contribution in [-0.4, -0.2) is 31.0 Å². The van der Waals surface area contributed by atoms with Gasteiger partial charge in [0.15, 0.2) is 5.16 Å². The second-order valence-corrected chi connectivity index (χ2v) is 8.98. The van der Waals surface area contributed by atoms with E-state index in [-0.39, 0.29) is 5.56 Å². The minimum atomic E-state index is -0.188. The van der Waals surface area contributed by atoms with Gasteiger partial charge in [-0.25, -0.2) is 15.0 Å². The minimum Gasteiger partial charge on any atom is -0.495 e. The van der Waals surface area contributed by atoms with Gasteiger partial charge in [-0.05, 0) is 50.2 Å². The topological polar surface area (TPSA) is 74.3 Å². The van der Waals surface area contributed by atoms with Gasteiger partial charge in [0, 0.05) is 28.4 Å². The predicted molar refractivity (Wildman–Crippen MR) is 131 cm³/mol. The van der Waals surface area contributed by atoms with Crippen LogP contribution >= 0.6 is 23.4 Å². The third kappa shape index (κ3) is 3.96. The summed E-state index contributed by atoms with van der Waals surface area (Å²) in [5, 5.41) is 1.53. The zero-order valence-corrected chi connectivity index (χ0v) is 19.8. The van der Waals surface area contributed by atoms with Crippen LogP contribution in [0.5, 0.6) is 5.75 Å². The highest BCUT2D eigenvalue weighted by Gasteiger charge is 2.17. The lowest BCUT2D eigenvalue weighted by Crippen LogP contribution is -2.22. The SMILES string of the molecule is COc1ccccc1-n1c(SCc2cn3c(C)cc(C)nc3n2)nc2cc(Cl)ccc2c1=O. The Hall–Kier alpha value is -3.36. The first kappa shape index (κ1) is 21.5. The molecule has 0 saturated heterocycles. The summed E-state index contributed by atoms with van der Waals surface area (Å²) < 4.78 is 9.07. The Morgan fingerprint density at radius 2 is 1.88 bits per heavy atom.